The van der Waals surface area contributed by atoms with E-state index in [9.17, 15) is 14.0 Å². The van der Waals surface area contributed by atoms with Crippen LogP contribution in [-0.4, -0.2) is 49.0 Å². The van der Waals surface area contributed by atoms with Crippen molar-refractivity contribution in [1.29, 1.82) is 0 Å². The van der Waals surface area contributed by atoms with E-state index in [4.69, 9.17) is 9.47 Å². The van der Waals surface area contributed by atoms with Crippen LogP contribution in [0, 0.1) is 11.7 Å². The van der Waals surface area contributed by atoms with Gasteiger partial charge in [-0.3, -0.25) is 14.5 Å². The minimum absolute atomic E-state index is 0.0606. The summed E-state index contributed by atoms with van der Waals surface area (Å²) in [6, 6.07) is 19.6. The van der Waals surface area contributed by atoms with Crippen molar-refractivity contribution >= 4 is 22.5 Å². The van der Waals surface area contributed by atoms with Crippen LogP contribution in [0.25, 0.3) is 10.8 Å². The number of carbonyl (C=O) groups is 2. The average molecular weight is 450 g/mol. The molecule has 1 fully saturated rings. The van der Waals surface area contributed by atoms with E-state index in [1.54, 1.807) is 12.1 Å². The fraction of sp³-hybridized carbons (Fsp3) is 0.333. The Morgan fingerprint density at radius 3 is 2.42 bits per heavy atom. The van der Waals surface area contributed by atoms with Crippen LogP contribution in [0.2, 0.25) is 0 Å². The van der Waals surface area contributed by atoms with Crippen molar-refractivity contribution in [3.05, 3.63) is 78.1 Å². The first kappa shape index (κ1) is 22.9. The van der Waals surface area contributed by atoms with Crippen molar-refractivity contribution in [3.8, 4) is 5.75 Å². The molecule has 6 heteroatoms. The maximum absolute atomic E-state index is 13.1. The van der Waals surface area contributed by atoms with Gasteiger partial charge >= 0.3 is 5.97 Å². The van der Waals surface area contributed by atoms with Crippen molar-refractivity contribution in [3.63, 3.8) is 0 Å². The molecule has 0 spiro atoms. The number of ether oxygens (including phenoxy) is 2. The van der Waals surface area contributed by atoms with Gasteiger partial charge in [0, 0.05) is 30.3 Å². The lowest BCUT2D eigenvalue weighted by atomic mass is 9.89. The lowest BCUT2D eigenvalue weighted by molar-refractivity contribution is -0.149. The largest absolute Gasteiger partial charge is 0.489 e. The van der Waals surface area contributed by atoms with E-state index in [0.29, 0.717) is 24.9 Å². The van der Waals surface area contributed by atoms with E-state index >= 15 is 0 Å². The first-order valence-corrected chi connectivity index (χ1v) is 11.3. The highest BCUT2D eigenvalue weighted by Gasteiger charge is 2.28. The van der Waals surface area contributed by atoms with Crippen LogP contribution in [0.3, 0.4) is 0 Å². The predicted octanol–water partition coefficient (Wildman–Crippen LogP) is 4.88. The minimum atomic E-state index is -0.411. The summed E-state index contributed by atoms with van der Waals surface area (Å²) in [4.78, 5) is 26.6. The van der Waals surface area contributed by atoms with Crippen molar-refractivity contribution in [2.45, 2.75) is 25.9 Å². The van der Waals surface area contributed by atoms with Crippen LogP contribution in [0.5, 0.6) is 5.75 Å². The third-order valence-corrected chi connectivity index (χ3v) is 6.06. The molecule has 1 saturated heterocycles. The molecule has 4 rings (SSSR count). The van der Waals surface area contributed by atoms with Gasteiger partial charge in [0.25, 0.3) is 0 Å². The Kier molecular flexibility index (Phi) is 7.35. The number of Topliss-reactive ketones (excluding diaryl/α,β-unsaturated/α-hetero) is 1. The second kappa shape index (κ2) is 10.6. The molecule has 5 nitrogen and oxygen atoms in total. The van der Waals surface area contributed by atoms with Crippen LogP contribution in [0.4, 0.5) is 4.39 Å². The molecule has 0 amide bonds. The topological polar surface area (TPSA) is 55.8 Å². The predicted molar refractivity (Wildman–Crippen MR) is 125 cm³/mol. The number of piperidine rings is 1. The van der Waals surface area contributed by atoms with Gasteiger partial charge in [0.1, 0.15) is 24.3 Å². The molecule has 1 unspecified atom stereocenters. The van der Waals surface area contributed by atoms with Gasteiger partial charge < -0.3 is 9.47 Å². The normalized spacial score (nSPS) is 15.8. The van der Waals surface area contributed by atoms with E-state index in [1.165, 1.54) is 19.1 Å². The van der Waals surface area contributed by atoms with Crippen LogP contribution >= 0.6 is 0 Å². The second-order valence-electron chi connectivity index (χ2n) is 8.47. The monoisotopic (exact) mass is 449 g/mol. The Morgan fingerprint density at radius 2 is 1.70 bits per heavy atom. The standard InChI is InChI=1S/C27H28FNO4/c1-19(30)33-24(18-32-26-8-4-6-20-5-2-3-7-25(20)26)17-29-15-13-22(14-16-29)27(31)21-9-11-23(28)12-10-21/h2-12,22,24H,13-18H2,1H3. The Morgan fingerprint density at radius 1 is 1.00 bits per heavy atom. The second-order valence-corrected chi connectivity index (χ2v) is 8.47. The number of nitrogens with zero attached hydrogens (tertiary/aromatic N) is 1. The molecule has 0 aliphatic carbocycles. The zero-order chi connectivity index (χ0) is 23.2. The van der Waals surface area contributed by atoms with E-state index in [0.717, 1.165) is 29.6 Å². The first-order chi connectivity index (χ1) is 16.0. The summed E-state index contributed by atoms with van der Waals surface area (Å²) >= 11 is 0. The Labute approximate surface area is 193 Å². The SMILES string of the molecule is CC(=O)OC(COc1cccc2ccccc12)CN1CCC(C(=O)c2ccc(F)cc2)CC1. The van der Waals surface area contributed by atoms with Crippen LogP contribution in [-0.2, 0) is 9.53 Å². The zero-order valence-electron chi connectivity index (χ0n) is 18.7. The highest BCUT2D eigenvalue weighted by atomic mass is 19.1. The summed E-state index contributed by atoms with van der Waals surface area (Å²) in [6.07, 6.45) is 1.02. The molecular weight excluding hydrogens is 421 g/mol. The van der Waals surface area contributed by atoms with Gasteiger partial charge in [0.15, 0.2) is 5.78 Å². The third-order valence-electron chi connectivity index (χ3n) is 6.06. The molecular formula is C27H28FNO4. The summed E-state index contributed by atoms with van der Waals surface area (Å²) in [5, 5.41) is 2.11. The summed E-state index contributed by atoms with van der Waals surface area (Å²) in [7, 11) is 0. The third kappa shape index (κ3) is 5.96. The molecule has 1 atom stereocenters. The van der Waals surface area contributed by atoms with Gasteiger partial charge in [0.2, 0.25) is 0 Å². The molecule has 33 heavy (non-hydrogen) atoms. The smallest absolute Gasteiger partial charge is 0.303 e. The maximum Gasteiger partial charge on any atom is 0.303 e. The highest BCUT2D eigenvalue weighted by Crippen LogP contribution is 2.26. The molecule has 3 aromatic rings. The van der Waals surface area contributed by atoms with E-state index < -0.39 is 6.10 Å². The van der Waals surface area contributed by atoms with Crippen LogP contribution in [0.1, 0.15) is 30.1 Å². The molecule has 1 heterocycles. The fourth-order valence-electron chi connectivity index (χ4n) is 4.38. The molecule has 3 aromatic carbocycles. The highest BCUT2D eigenvalue weighted by molar-refractivity contribution is 5.97. The Bertz CT molecular complexity index is 1100. The summed E-state index contributed by atoms with van der Waals surface area (Å²) < 4.78 is 24.7. The van der Waals surface area contributed by atoms with Crippen LogP contribution < -0.4 is 4.74 Å². The molecule has 0 aromatic heterocycles. The van der Waals surface area contributed by atoms with Gasteiger partial charge in [-0.15, -0.1) is 0 Å². The lowest BCUT2D eigenvalue weighted by Crippen LogP contribution is -2.43. The first-order valence-electron chi connectivity index (χ1n) is 11.3. The number of halogens is 1. The number of esters is 1. The molecule has 172 valence electrons. The van der Waals surface area contributed by atoms with Gasteiger partial charge in [-0.2, -0.15) is 0 Å². The minimum Gasteiger partial charge on any atom is -0.489 e. The quantitative estimate of drug-likeness (QED) is 0.362. The Balaban J connectivity index is 1.34. The molecule has 1 aliphatic heterocycles. The van der Waals surface area contributed by atoms with Crippen molar-refractivity contribution in [1.82, 2.24) is 4.90 Å². The Hall–Kier alpha value is -3.25. The van der Waals surface area contributed by atoms with Gasteiger partial charge in [0.05, 0.1) is 0 Å². The van der Waals surface area contributed by atoms with E-state index in [-0.39, 0.29) is 30.1 Å². The van der Waals surface area contributed by atoms with E-state index in [1.807, 2.05) is 42.5 Å². The van der Waals surface area contributed by atoms with Gasteiger partial charge in [-0.1, -0.05) is 36.4 Å². The number of carbonyl (C=O) groups excluding carboxylic acids is 2. The summed E-state index contributed by atoms with van der Waals surface area (Å²) in [5.74, 6) is 0.0524. The number of ketones is 1. The molecule has 0 saturated carbocycles. The number of likely N-dealkylation sites (tertiary alicyclic amines) is 1. The maximum atomic E-state index is 13.1. The summed E-state index contributed by atoms with van der Waals surface area (Å²) in [6.45, 7) is 3.65. The van der Waals surface area contributed by atoms with Gasteiger partial charge in [-0.25, -0.2) is 4.39 Å². The average Bonchev–Trinajstić information content (AvgIpc) is 2.83. The number of fused-ring (bicyclic) bond motifs is 1. The van der Waals surface area contributed by atoms with E-state index in [2.05, 4.69) is 4.90 Å². The fourth-order valence-corrected chi connectivity index (χ4v) is 4.38. The van der Waals surface area contributed by atoms with Gasteiger partial charge in [-0.05, 0) is 61.6 Å². The zero-order valence-corrected chi connectivity index (χ0v) is 18.7. The van der Waals surface area contributed by atoms with Crippen molar-refractivity contribution < 1.29 is 23.5 Å². The van der Waals surface area contributed by atoms with Crippen LogP contribution in [0.15, 0.2) is 66.7 Å². The molecule has 0 bridgehead atoms. The molecule has 0 radical (unpaired) electrons. The number of hydrogen-bond donors (Lipinski definition) is 0. The lowest BCUT2D eigenvalue weighted by Gasteiger charge is -2.33. The summed E-state index contributed by atoms with van der Waals surface area (Å²) in [5.41, 5.74) is 0.552. The number of hydrogen-bond acceptors (Lipinski definition) is 5. The van der Waals surface area contributed by atoms with Crippen molar-refractivity contribution in [2.24, 2.45) is 5.92 Å². The molecule has 0 N–H and O–H groups in total. The number of rotatable bonds is 8. The number of benzene rings is 3. The van der Waals surface area contributed by atoms with Crippen molar-refractivity contribution in [2.75, 3.05) is 26.2 Å². The molecule has 1 aliphatic rings.